The zero-order valence-corrected chi connectivity index (χ0v) is 11.4. The van der Waals surface area contributed by atoms with E-state index < -0.39 is 5.91 Å². The first-order valence-corrected chi connectivity index (χ1v) is 6.95. The molecule has 0 spiro atoms. The lowest BCUT2D eigenvalue weighted by molar-refractivity contribution is 0.0995. The number of amides is 1. The van der Waals surface area contributed by atoms with E-state index in [9.17, 15) is 4.79 Å². The highest BCUT2D eigenvalue weighted by molar-refractivity contribution is 5.91. The number of nitrogens with two attached hydrogens (primary N) is 1. The molecule has 0 saturated carbocycles. The van der Waals surface area contributed by atoms with Crippen molar-refractivity contribution in [1.29, 1.82) is 0 Å². The Morgan fingerprint density at radius 3 is 2.89 bits per heavy atom. The Bertz CT molecular complexity index is 427. The van der Waals surface area contributed by atoms with Gasteiger partial charge in [-0.05, 0) is 37.9 Å². The molecule has 1 fully saturated rings. The summed E-state index contributed by atoms with van der Waals surface area (Å²) >= 11 is 0. The van der Waals surface area contributed by atoms with Crippen molar-refractivity contribution in [3.8, 4) is 0 Å². The molecule has 0 atom stereocenters. The second kappa shape index (κ2) is 6.52. The third-order valence-electron chi connectivity index (χ3n) is 3.54. The Kier molecular flexibility index (Phi) is 4.74. The van der Waals surface area contributed by atoms with E-state index in [0.717, 1.165) is 38.2 Å². The van der Waals surface area contributed by atoms with Gasteiger partial charge in [-0.1, -0.05) is 6.92 Å². The minimum absolute atomic E-state index is 0.337. The van der Waals surface area contributed by atoms with Crippen LogP contribution in [0.1, 0.15) is 36.7 Å². The average Bonchev–Trinajstić information content (AvgIpc) is 2.46. The number of hydrogen-bond acceptors (Lipinski definition) is 4. The van der Waals surface area contributed by atoms with E-state index in [1.807, 2.05) is 6.07 Å². The van der Waals surface area contributed by atoms with Gasteiger partial charge in [0, 0.05) is 31.0 Å². The number of rotatable bonds is 5. The third kappa shape index (κ3) is 3.67. The molecular formula is C14H22N4O. The molecule has 0 aliphatic carbocycles. The van der Waals surface area contributed by atoms with Crippen LogP contribution in [0.4, 0.5) is 5.69 Å². The van der Waals surface area contributed by atoms with E-state index in [1.54, 1.807) is 12.3 Å². The Balaban J connectivity index is 1.94. The van der Waals surface area contributed by atoms with Crippen LogP contribution in [0.15, 0.2) is 18.3 Å². The third-order valence-corrected chi connectivity index (χ3v) is 3.54. The Morgan fingerprint density at radius 1 is 1.53 bits per heavy atom. The molecule has 2 heterocycles. The molecule has 1 aromatic rings. The Morgan fingerprint density at radius 2 is 2.26 bits per heavy atom. The first-order valence-electron chi connectivity index (χ1n) is 6.95. The van der Waals surface area contributed by atoms with Gasteiger partial charge in [-0.15, -0.1) is 0 Å². The van der Waals surface area contributed by atoms with Crippen molar-refractivity contribution in [3.05, 3.63) is 24.0 Å². The van der Waals surface area contributed by atoms with Crippen LogP contribution in [0.2, 0.25) is 0 Å². The minimum atomic E-state index is -0.471. The van der Waals surface area contributed by atoms with E-state index in [-0.39, 0.29) is 0 Å². The molecule has 1 aliphatic rings. The fourth-order valence-corrected chi connectivity index (χ4v) is 2.44. The predicted molar refractivity (Wildman–Crippen MR) is 76.3 cm³/mol. The molecule has 19 heavy (non-hydrogen) atoms. The number of anilines is 1. The molecule has 0 aromatic carbocycles. The summed E-state index contributed by atoms with van der Waals surface area (Å²) < 4.78 is 0. The molecule has 1 aliphatic heterocycles. The highest BCUT2D eigenvalue weighted by atomic mass is 16.1. The first kappa shape index (κ1) is 13.8. The van der Waals surface area contributed by atoms with Crippen molar-refractivity contribution >= 4 is 11.6 Å². The molecule has 0 bridgehead atoms. The number of primary amides is 1. The normalized spacial score (nSPS) is 16.6. The summed E-state index contributed by atoms with van der Waals surface area (Å²) in [6.07, 6.45) is 5.09. The van der Waals surface area contributed by atoms with E-state index >= 15 is 0 Å². The zero-order valence-electron chi connectivity index (χ0n) is 11.4. The summed E-state index contributed by atoms with van der Waals surface area (Å²) in [5, 5.41) is 3.56. The predicted octanol–water partition coefficient (Wildman–Crippen LogP) is 1.15. The van der Waals surface area contributed by atoms with Crippen LogP contribution in [-0.4, -0.2) is 36.6 Å². The molecule has 1 aromatic heterocycles. The van der Waals surface area contributed by atoms with Gasteiger partial charge in [0.1, 0.15) is 5.69 Å². The van der Waals surface area contributed by atoms with Gasteiger partial charge >= 0.3 is 0 Å². The van der Waals surface area contributed by atoms with Gasteiger partial charge in [-0.25, -0.2) is 0 Å². The van der Waals surface area contributed by atoms with Gasteiger partial charge < -0.3 is 16.0 Å². The molecule has 2 rings (SSSR count). The topological polar surface area (TPSA) is 71.2 Å². The molecule has 5 heteroatoms. The van der Waals surface area contributed by atoms with Crippen LogP contribution in [-0.2, 0) is 0 Å². The van der Waals surface area contributed by atoms with E-state index in [4.69, 9.17) is 5.73 Å². The average molecular weight is 262 g/mol. The van der Waals surface area contributed by atoms with Crippen LogP contribution in [0.5, 0.6) is 0 Å². The maximum Gasteiger partial charge on any atom is 0.267 e. The number of pyridine rings is 1. The Hall–Kier alpha value is -1.62. The van der Waals surface area contributed by atoms with Crippen LogP contribution in [0.3, 0.4) is 0 Å². The Labute approximate surface area is 114 Å². The molecule has 1 amide bonds. The monoisotopic (exact) mass is 262 g/mol. The summed E-state index contributed by atoms with van der Waals surface area (Å²) in [6.45, 7) is 5.28. The fourth-order valence-electron chi connectivity index (χ4n) is 2.44. The number of carbonyl (C=O) groups is 1. The lowest BCUT2D eigenvalue weighted by Gasteiger charge is -2.34. The van der Waals surface area contributed by atoms with Gasteiger partial charge in [0.15, 0.2) is 0 Å². The minimum Gasteiger partial charge on any atom is -0.371 e. The van der Waals surface area contributed by atoms with Crippen molar-refractivity contribution < 1.29 is 4.79 Å². The second-order valence-corrected chi connectivity index (χ2v) is 4.98. The zero-order chi connectivity index (χ0) is 13.7. The summed E-state index contributed by atoms with van der Waals surface area (Å²) in [7, 11) is 0. The molecule has 3 N–H and O–H groups in total. The molecule has 104 valence electrons. The SMILES string of the molecule is CCCNC1CCN(c2ccnc(C(N)=O)c2)CC1. The number of hydrogen-bond donors (Lipinski definition) is 2. The van der Waals surface area contributed by atoms with Crippen LogP contribution in [0, 0.1) is 0 Å². The number of piperidine rings is 1. The lowest BCUT2D eigenvalue weighted by atomic mass is 10.0. The molecule has 0 radical (unpaired) electrons. The highest BCUT2D eigenvalue weighted by Crippen LogP contribution is 2.20. The molecular weight excluding hydrogens is 240 g/mol. The van der Waals surface area contributed by atoms with Crippen LogP contribution in [0.25, 0.3) is 0 Å². The van der Waals surface area contributed by atoms with Gasteiger partial charge in [0.05, 0.1) is 0 Å². The largest absolute Gasteiger partial charge is 0.371 e. The summed E-state index contributed by atoms with van der Waals surface area (Å²) in [5.41, 5.74) is 6.64. The van der Waals surface area contributed by atoms with E-state index in [1.165, 1.54) is 6.42 Å². The van der Waals surface area contributed by atoms with E-state index in [2.05, 4.69) is 22.1 Å². The number of carbonyl (C=O) groups excluding carboxylic acids is 1. The van der Waals surface area contributed by atoms with Gasteiger partial charge in [-0.3, -0.25) is 9.78 Å². The van der Waals surface area contributed by atoms with E-state index in [0.29, 0.717) is 11.7 Å². The van der Waals surface area contributed by atoms with Crippen molar-refractivity contribution in [2.24, 2.45) is 5.73 Å². The lowest BCUT2D eigenvalue weighted by Crippen LogP contribution is -2.42. The number of nitrogens with zero attached hydrogens (tertiary/aromatic N) is 2. The quantitative estimate of drug-likeness (QED) is 0.835. The number of nitrogens with one attached hydrogen (secondary N) is 1. The highest BCUT2D eigenvalue weighted by Gasteiger charge is 2.19. The number of aromatic nitrogens is 1. The summed E-state index contributed by atoms with van der Waals surface area (Å²) in [4.78, 5) is 17.4. The maximum atomic E-state index is 11.1. The second-order valence-electron chi connectivity index (χ2n) is 4.98. The molecule has 5 nitrogen and oxygen atoms in total. The fraction of sp³-hybridized carbons (Fsp3) is 0.571. The van der Waals surface area contributed by atoms with Crippen molar-refractivity contribution in [2.45, 2.75) is 32.2 Å². The smallest absolute Gasteiger partial charge is 0.267 e. The standard InChI is InChI=1S/C14H22N4O/c1-2-6-16-11-4-8-18(9-5-11)12-3-7-17-13(10-12)14(15)19/h3,7,10-11,16H,2,4-6,8-9H2,1H3,(H2,15,19). The van der Waals surface area contributed by atoms with Crippen molar-refractivity contribution in [1.82, 2.24) is 10.3 Å². The van der Waals surface area contributed by atoms with Gasteiger partial charge in [0.25, 0.3) is 5.91 Å². The van der Waals surface area contributed by atoms with Crippen molar-refractivity contribution in [3.63, 3.8) is 0 Å². The van der Waals surface area contributed by atoms with Crippen LogP contribution < -0.4 is 16.0 Å². The summed E-state index contributed by atoms with van der Waals surface area (Å²) in [6, 6.07) is 4.34. The van der Waals surface area contributed by atoms with Gasteiger partial charge in [-0.2, -0.15) is 0 Å². The maximum absolute atomic E-state index is 11.1. The van der Waals surface area contributed by atoms with Gasteiger partial charge in [0.2, 0.25) is 0 Å². The van der Waals surface area contributed by atoms with Crippen molar-refractivity contribution in [2.75, 3.05) is 24.5 Å². The first-order chi connectivity index (χ1) is 9.20. The summed E-state index contributed by atoms with van der Waals surface area (Å²) in [5.74, 6) is -0.471. The van der Waals surface area contributed by atoms with Crippen LogP contribution >= 0.6 is 0 Å². The molecule has 1 saturated heterocycles. The molecule has 0 unspecified atom stereocenters.